The SMILES string of the molecule is CC1CCN(c2nncc(N3CCN(c4ccccn4)CC3)n2)CC1. The largest absolute Gasteiger partial charge is 0.353 e. The van der Waals surface area contributed by atoms with E-state index >= 15 is 0 Å². The Kier molecular flexibility index (Phi) is 4.63. The van der Waals surface area contributed by atoms with Gasteiger partial charge in [0.1, 0.15) is 5.82 Å². The van der Waals surface area contributed by atoms with Gasteiger partial charge in [0.15, 0.2) is 5.82 Å². The lowest BCUT2D eigenvalue weighted by Gasteiger charge is -2.36. The topological polar surface area (TPSA) is 61.3 Å². The molecule has 0 radical (unpaired) electrons. The minimum absolute atomic E-state index is 0.775. The second kappa shape index (κ2) is 7.21. The lowest BCUT2D eigenvalue weighted by atomic mass is 10.00. The van der Waals surface area contributed by atoms with E-state index in [1.807, 2.05) is 18.3 Å². The molecule has 2 aliphatic rings. The number of aromatic nitrogens is 4. The van der Waals surface area contributed by atoms with Crippen molar-refractivity contribution < 1.29 is 0 Å². The molecule has 0 saturated carbocycles. The molecule has 0 atom stereocenters. The highest BCUT2D eigenvalue weighted by molar-refractivity contribution is 5.46. The number of piperazine rings is 1. The van der Waals surface area contributed by atoms with Crippen LogP contribution in [0.4, 0.5) is 17.6 Å². The second-order valence-corrected chi connectivity index (χ2v) is 6.95. The first-order valence-electron chi connectivity index (χ1n) is 9.15. The summed E-state index contributed by atoms with van der Waals surface area (Å²) in [5.74, 6) is 3.55. The number of pyridine rings is 1. The van der Waals surface area contributed by atoms with Crippen LogP contribution >= 0.6 is 0 Å². The molecule has 2 aromatic rings. The monoisotopic (exact) mass is 339 g/mol. The van der Waals surface area contributed by atoms with E-state index in [0.29, 0.717) is 0 Å². The third-order valence-electron chi connectivity index (χ3n) is 5.18. The minimum atomic E-state index is 0.775. The van der Waals surface area contributed by atoms with Gasteiger partial charge in [-0.2, -0.15) is 10.1 Å². The summed E-state index contributed by atoms with van der Waals surface area (Å²) in [5, 5.41) is 8.47. The van der Waals surface area contributed by atoms with E-state index in [9.17, 15) is 0 Å². The Morgan fingerprint density at radius 2 is 1.60 bits per heavy atom. The third-order valence-corrected chi connectivity index (χ3v) is 5.18. The normalized spacial score (nSPS) is 19.3. The molecule has 0 bridgehead atoms. The van der Waals surface area contributed by atoms with Crippen molar-refractivity contribution in [2.45, 2.75) is 19.8 Å². The highest BCUT2D eigenvalue weighted by Crippen LogP contribution is 2.22. The first-order valence-corrected chi connectivity index (χ1v) is 9.15. The van der Waals surface area contributed by atoms with E-state index in [1.165, 1.54) is 12.8 Å². The number of piperidine rings is 1. The molecule has 132 valence electrons. The number of nitrogens with zero attached hydrogens (tertiary/aromatic N) is 7. The fourth-order valence-corrected chi connectivity index (χ4v) is 3.49. The van der Waals surface area contributed by atoms with Gasteiger partial charge in [-0.05, 0) is 30.9 Å². The molecular weight excluding hydrogens is 314 g/mol. The van der Waals surface area contributed by atoms with Crippen LogP contribution in [0, 0.1) is 5.92 Å². The molecule has 0 N–H and O–H groups in total. The summed E-state index contributed by atoms with van der Waals surface area (Å²) in [6.45, 7) is 8.10. The van der Waals surface area contributed by atoms with Crippen LogP contribution in [-0.2, 0) is 0 Å². The molecule has 25 heavy (non-hydrogen) atoms. The summed E-state index contributed by atoms with van der Waals surface area (Å²) < 4.78 is 0. The highest BCUT2D eigenvalue weighted by Gasteiger charge is 2.22. The van der Waals surface area contributed by atoms with Gasteiger partial charge in [0, 0.05) is 45.5 Å². The van der Waals surface area contributed by atoms with E-state index in [1.54, 1.807) is 6.20 Å². The predicted molar refractivity (Wildman–Crippen MR) is 99.1 cm³/mol. The summed E-state index contributed by atoms with van der Waals surface area (Å²) in [4.78, 5) is 16.1. The summed E-state index contributed by atoms with van der Waals surface area (Å²) in [6.07, 6.45) is 6.04. The van der Waals surface area contributed by atoms with Gasteiger partial charge in [0.05, 0.1) is 6.20 Å². The van der Waals surface area contributed by atoms with Crippen molar-refractivity contribution in [2.24, 2.45) is 5.92 Å². The van der Waals surface area contributed by atoms with Gasteiger partial charge in [-0.1, -0.05) is 13.0 Å². The van der Waals surface area contributed by atoms with Gasteiger partial charge in [-0.3, -0.25) is 0 Å². The second-order valence-electron chi connectivity index (χ2n) is 6.95. The maximum atomic E-state index is 4.79. The van der Waals surface area contributed by atoms with Crippen molar-refractivity contribution in [3.63, 3.8) is 0 Å². The van der Waals surface area contributed by atoms with Crippen LogP contribution < -0.4 is 14.7 Å². The molecule has 4 heterocycles. The molecule has 4 rings (SSSR count). The minimum Gasteiger partial charge on any atom is -0.353 e. The quantitative estimate of drug-likeness (QED) is 0.845. The average Bonchev–Trinajstić information content (AvgIpc) is 2.69. The molecular formula is C18H25N7. The van der Waals surface area contributed by atoms with E-state index in [-0.39, 0.29) is 0 Å². The zero-order valence-electron chi connectivity index (χ0n) is 14.8. The smallest absolute Gasteiger partial charge is 0.247 e. The predicted octanol–water partition coefficient (Wildman–Crippen LogP) is 1.83. The maximum absolute atomic E-state index is 4.79. The van der Waals surface area contributed by atoms with Crippen LogP contribution in [0.5, 0.6) is 0 Å². The summed E-state index contributed by atoms with van der Waals surface area (Å²) >= 11 is 0. The Morgan fingerprint density at radius 3 is 2.28 bits per heavy atom. The Balaban J connectivity index is 1.40. The van der Waals surface area contributed by atoms with Gasteiger partial charge in [-0.15, -0.1) is 5.10 Å². The van der Waals surface area contributed by atoms with E-state index in [4.69, 9.17) is 4.98 Å². The zero-order valence-corrected chi connectivity index (χ0v) is 14.8. The summed E-state index contributed by atoms with van der Waals surface area (Å²) in [7, 11) is 0. The van der Waals surface area contributed by atoms with Crippen molar-refractivity contribution >= 4 is 17.6 Å². The van der Waals surface area contributed by atoms with Crippen molar-refractivity contribution in [3.8, 4) is 0 Å². The average molecular weight is 339 g/mol. The third kappa shape index (κ3) is 3.65. The standard InChI is InChI=1S/C18H25N7/c1-15-5-8-25(9-6-15)18-21-17(14-20-22-18)24-12-10-23(11-13-24)16-4-2-3-7-19-16/h2-4,7,14-15H,5-6,8-13H2,1H3. The van der Waals surface area contributed by atoms with Gasteiger partial charge in [0.2, 0.25) is 5.95 Å². The molecule has 2 saturated heterocycles. The van der Waals surface area contributed by atoms with Crippen LogP contribution in [-0.4, -0.2) is 59.4 Å². The molecule has 2 fully saturated rings. The Bertz CT molecular complexity index is 677. The lowest BCUT2D eigenvalue weighted by molar-refractivity contribution is 0.433. The van der Waals surface area contributed by atoms with Crippen LogP contribution in [0.2, 0.25) is 0 Å². The number of rotatable bonds is 3. The van der Waals surface area contributed by atoms with Crippen molar-refractivity contribution in [1.82, 2.24) is 20.2 Å². The maximum Gasteiger partial charge on any atom is 0.247 e. The molecule has 2 aliphatic heterocycles. The summed E-state index contributed by atoms with van der Waals surface area (Å²) in [5.41, 5.74) is 0. The van der Waals surface area contributed by atoms with E-state index in [0.717, 1.165) is 62.8 Å². The summed E-state index contributed by atoms with van der Waals surface area (Å²) in [6, 6.07) is 6.06. The van der Waals surface area contributed by atoms with Crippen molar-refractivity contribution in [3.05, 3.63) is 30.6 Å². The molecule has 0 amide bonds. The number of hydrogen-bond donors (Lipinski definition) is 0. The van der Waals surface area contributed by atoms with E-state index in [2.05, 4.69) is 42.9 Å². The molecule has 7 heteroatoms. The Labute approximate surface area is 148 Å². The fraction of sp³-hybridized carbons (Fsp3) is 0.556. The number of hydrogen-bond acceptors (Lipinski definition) is 7. The van der Waals surface area contributed by atoms with Crippen LogP contribution in [0.3, 0.4) is 0 Å². The van der Waals surface area contributed by atoms with Crippen molar-refractivity contribution in [2.75, 3.05) is 54.0 Å². The van der Waals surface area contributed by atoms with Crippen LogP contribution in [0.1, 0.15) is 19.8 Å². The molecule has 0 aliphatic carbocycles. The fourth-order valence-electron chi connectivity index (χ4n) is 3.49. The molecule has 0 unspecified atom stereocenters. The molecule has 2 aromatic heterocycles. The number of anilines is 3. The lowest BCUT2D eigenvalue weighted by Crippen LogP contribution is -2.47. The highest BCUT2D eigenvalue weighted by atomic mass is 15.4. The van der Waals surface area contributed by atoms with Gasteiger partial charge in [-0.25, -0.2) is 4.98 Å². The van der Waals surface area contributed by atoms with Crippen LogP contribution in [0.25, 0.3) is 0 Å². The van der Waals surface area contributed by atoms with Gasteiger partial charge >= 0.3 is 0 Å². The molecule has 0 aromatic carbocycles. The first kappa shape index (κ1) is 16.1. The Hall–Kier alpha value is -2.44. The molecule has 0 spiro atoms. The van der Waals surface area contributed by atoms with Crippen molar-refractivity contribution in [1.29, 1.82) is 0 Å². The van der Waals surface area contributed by atoms with Gasteiger partial charge < -0.3 is 14.7 Å². The first-order chi connectivity index (χ1) is 12.3. The Morgan fingerprint density at radius 1 is 0.880 bits per heavy atom. The molecule has 7 nitrogen and oxygen atoms in total. The van der Waals surface area contributed by atoms with Gasteiger partial charge in [0.25, 0.3) is 0 Å². The zero-order chi connectivity index (χ0) is 17.1. The van der Waals surface area contributed by atoms with Crippen LogP contribution in [0.15, 0.2) is 30.6 Å². The van der Waals surface area contributed by atoms with E-state index < -0.39 is 0 Å².